The first-order valence-corrected chi connectivity index (χ1v) is 7.89. The molecule has 1 fully saturated rings. The van der Waals surface area contributed by atoms with Gasteiger partial charge in [-0.1, -0.05) is 5.92 Å². The molecule has 1 saturated heterocycles. The van der Waals surface area contributed by atoms with Crippen LogP contribution in [0.15, 0.2) is 12.3 Å². The molecule has 124 valence electrons. The molecule has 7 heteroatoms. The number of nitrogens with one attached hydrogen (secondary N) is 1. The summed E-state index contributed by atoms with van der Waals surface area (Å²) in [4.78, 5) is 10.9. The minimum absolute atomic E-state index is 0.0285. The normalized spacial score (nSPS) is 18.1. The van der Waals surface area contributed by atoms with Gasteiger partial charge in [0.15, 0.2) is 0 Å². The van der Waals surface area contributed by atoms with Gasteiger partial charge in [0.1, 0.15) is 17.1 Å². The fourth-order valence-electron chi connectivity index (χ4n) is 2.87. The minimum atomic E-state index is -0.0285. The van der Waals surface area contributed by atoms with E-state index in [1.54, 1.807) is 0 Å². The van der Waals surface area contributed by atoms with Crippen LogP contribution in [0.2, 0.25) is 0 Å². The summed E-state index contributed by atoms with van der Waals surface area (Å²) in [7, 11) is 2.11. The molecule has 2 aromatic rings. The molecule has 0 spiro atoms. The Morgan fingerprint density at radius 2 is 2.21 bits per heavy atom. The van der Waals surface area contributed by atoms with Crippen LogP contribution in [-0.4, -0.2) is 56.4 Å². The first-order valence-electron chi connectivity index (χ1n) is 7.89. The van der Waals surface area contributed by atoms with Gasteiger partial charge in [-0.2, -0.15) is 0 Å². The predicted molar refractivity (Wildman–Crippen MR) is 91.5 cm³/mol. The molecule has 1 atom stereocenters. The summed E-state index contributed by atoms with van der Waals surface area (Å²) in [5.41, 5.74) is 1.93. The van der Waals surface area contributed by atoms with Gasteiger partial charge < -0.3 is 15.3 Å². The number of rotatable bonds is 3. The second-order valence-corrected chi connectivity index (χ2v) is 6.05. The zero-order valence-electron chi connectivity index (χ0n) is 13.8. The van der Waals surface area contributed by atoms with Crippen LogP contribution in [0.3, 0.4) is 0 Å². The molecule has 24 heavy (non-hydrogen) atoms. The summed E-state index contributed by atoms with van der Waals surface area (Å²) in [5, 5.41) is 21.7. The van der Waals surface area contributed by atoms with E-state index >= 15 is 0 Å². The van der Waals surface area contributed by atoms with Crippen molar-refractivity contribution in [1.82, 2.24) is 25.1 Å². The fourth-order valence-corrected chi connectivity index (χ4v) is 2.87. The number of aryl methyl sites for hydroxylation is 1. The summed E-state index contributed by atoms with van der Waals surface area (Å²) in [6, 6.07) is 1.80. The number of hydrogen-bond acceptors (Lipinski definition) is 7. The molecule has 2 aromatic heterocycles. The van der Waals surface area contributed by atoms with Crippen LogP contribution >= 0.6 is 0 Å². The molecule has 1 aliphatic heterocycles. The van der Waals surface area contributed by atoms with Crippen molar-refractivity contribution in [3.63, 3.8) is 0 Å². The molecule has 0 radical (unpaired) electrons. The van der Waals surface area contributed by atoms with Gasteiger partial charge in [0.05, 0.1) is 5.69 Å². The van der Waals surface area contributed by atoms with E-state index in [0.29, 0.717) is 34.6 Å². The molecular weight excluding hydrogens is 304 g/mol. The zero-order chi connectivity index (χ0) is 17.1. The maximum absolute atomic E-state index is 10.1. The second kappa shape index (κ2) is 6.81. The number of nitrogens with zero attached hydrogens (tertiary/aromatic N) is 5. The van der Waals surface area contributed by atoms with Gasteiger partial charge in [0, 0.05) is 24.3 Å². The summed E-state index contributed by atoms with van der Waals surface area (Å²) < 4.78 is 0. The monoisotopic (exact) mass is 324 g/mol. The number of piperidine rings is 1. The van der Waals surface area contributed by atoms with Gasteiger partial charge >= 0.3 is 0 Å². The molecule has 7 nitrogen and oxygen atoms in total. The molecule has 1 unspecified atom stereocenters. The standard InChI is InChI=1S/C17H20N6O/c1-4-12-8-14(24)16(18-9-12)15-11(2)19-17(22-21-15)20-13-6-5-7-23(3)10-13/h1,8-9,13,24H,5-7,10H2,2-3H3,(H,19,20,22). The molecular formula is C17H20N6O. The number of aromatic nitrogens is 4. The average Bonchev–Trinajstić information content (AvgIpc) is 2.55. The van der Waals surface area contributed by atoms with Gasteiger partial charge in [-0.05, 0) is 39.4 Å². The lowest BCUT2D eigenvalue weighted by atomic mass is 10.1. The van der Waals surface area contributed by atoms with E-state index in [9.17, 15) is 5.11 Å². The van der Waals surface area contributed by atoms with Gasteiger partial charge in [0.2, 0.25) is 5.95 Å². The summed E-state index contributed by atoms with van der Waals surface area (Å²) in [6.07, 6.45) is 9.06. The predicted octanol–water partition coefficient (Wildman–Crippen LogP) is 1.44. The Balaban J connectivity index is 1.81. The Morgan fingerprint density at radius 3 is 2.88 bits per heavy atom. The van der Waals surface area contributed by atoms with Crippen molar-refractivity contribution < 1.29 is 5.11 Å². The number of likely N-dealkylation sites (tertiary alicyclic amines) is 1. The SMILES string of the molecule is C#Cc1cnc(-c2nnc(NC3CCCN(C)C3)nc2C)c(O)c1. The lowest BCUT2D eigenvalue weighted by Gasteiger charge is -2.30. The number of likely N-dealkylation sites (N-methyl/N-ethyl adjacent to an activating group) is 1. The summed E-state index contributed by atoms with van der Waals surface area (Å²) >= 11 is 0. The molecule has 3 heterocycles. The number of hydrogen-bond donors (Lipinski definition) is 2. The van der Waals surface area contributed by atoms with Crippen LogP contribution in [0.1, 0.15) is 24.1 Å². The maximum Gasteiger partial charge on any atom is 0.243 e. The van der Waals surface area contributed by atoms with Crippen LogP contribution in [-0.2, 0) is 0 Å². The van der Waals surface area contributed by atoms with Gasteiger partial charge in [0.25, 0.3) is 0 Å². The van der Waals surface area contributed by atoms with E-state index in [-0.39, 0.29) is 5.75 Å². The first kappa shape index (κ1) is 16.1. The maximum atomic E-state index is 10.1. The average molecular weight is 324 g/mol. The lowest BCUT2D eigenvalue weighted by molar-refractivity contribution is 0.260. The second-order valence-electron chi connectivity index (χ2n) is 6.05. The number of anilines is 1. The van der Waals surface area contributed by atoms with E-state index in [1.807, 2.05) is 6.92 Å². The van der Waals surface area contributed by atoms with Crippen LogP contribution in [0.4, 0.5) is 5.95 Å². The van der Waals surface area contributed by atoms with Crippen molar-refractivity contribution in [2.45, 2.75) is 25.8 Å². The third-order valence-electron chi connectivity index (χ3n) is 4.08. The third-order valence-corrected chi connectivity index (χ3v) is 4.08. The van der Waals surface area contributed by atoms with E-state index < -0.39 is 0 Å². The van der Waals surface area contributed by atoms with Crippen molar-refractivity contribution in [3.8, 4) is 29.5 Å². The molecule has 0 saturated carbocycles. The largest absolute Gasteiger partial charge is 0.506 e. The summed E-state index contributed by atoms with van der Waals surface area (Å²) in [5.74, 6) is 2.90. The van der Waals surface area contributed by atoms with E-state index in [4.69, 9.17) is 6.42 Å². The highest BCUT2D eigenvalue weighted by Gasteiger charge is 2.19. The van der Waals surface area contributed by atoms with Crippen LogP contribution in [0, 0.1) is 19.3 Å². The van der Waals surface area contributed by atoms with Crippen LogP contribution < -0.4 is 5.32 Å². The molecule has 2 N–H and O–H groups in total. The Labute approximate surface area is 141 Å². The Hall–Kier alpha value is -2.72. The van der Waals surface area contributed by atoms with E-state index in [2.05, 4.69) is 43.4 Å². The lowest BCUT2D eigenvalue weighted by Crippen LogP contribution is -2.40. The summed E-state index contributed by atoms with van der Waals surface area (Å²) in [6.45, 7) is 3.90. The van der Waals surface area contributed by atoms with Gasteiger partial charge in [-0.25, -0.2) is 9.97 Å². The van der Waals surface area contributed by atoms with Gasteiger partial charge in [-0.15, -0.1) is 16.6 Å². The Morgan fingerprint density at radius 1 is 1.38 bits per heavy atom. The molecule has 0 aliphatic carbocycles. The molecule has 0 bridgehead atoms. The van der Waals surface area contributed by atoms with Crippen molar-refractivity contribution in [2.24, 2.45) is 0 Å². The van der Waals surface area contributed by atoms with Gasteiger partial charge in [-0.3, -0.25) is 0 Å². The fraction of sp³-hybridized carbons (Fsp3) is 0.412. The smallest absolute Gasteiger partial charge is 0.243 e. The zero-order valence-corrected chi connectivity index (χ0v) is 13.8. The van der Waals surface area contributed by atoms with Crippen molar-refractivity contribution in [1.29, 1.82) is 0 Å². The van der Waals surface area contributed by atoms with Crippen LogP contribution in [0.5, 0.6) is 5.75 Å². The third kappa shape index (κ3) is 3.44. The van der Waals surface area contributed by atoms with E-state index in [1.165, 1.54) is 12.3 Å². The molecule has 3 rings (SSSR count). The molecule has 1 aliphatic rings. The van der Waals surface area contributed by atoms with Crippen molar-refractivity contribution >= 4 is 5.95 Å². The van der Waals surface area contributed by atoms with E-state index in [0.717, 1.165) is 25.9 Å². The number of aromatic hydroxyl groups is 1. The van der Waals surface area contributed by atoms with Crippen LogP contribution in [0.25, 0.3) is 11.4 Å². The highest BCUT2D eigenvalue weighted by Crippen LogP contribution is 2.27. The van der Waals surface area contributed by atoms with Crippen molar-refractivity contribution in [2.75, 3.05) is 25.5 Å². The quantitative estimate of drug-likeness (QED) is 0.826. The highest BCUT2D eigenvalue weighted by molar-refractivity contribution is 5.65. The number of terminal acetylenes is 1. The molecule has 0 aromatic carbocycles. The Bertz CT molecular complexity index is 785. The first-order chi connectivity index (χ1) is 11.6. The van der Waals surface area contributed by atoms with Crippen molar-refractivity contribution in [3.05, 3.63) is 23.5 Å². The highest BCUT2D eigenvalue weighted by atomic mass is 16.3. The number of pyridine rings is 1. The minimum Gasteiger partial charge on any atom is -0.506 e. The topological polar surface area (TPSA) is 87.1 Å². The Kier molecular flexibility index (Phi) is 4.58. The molecule has 0 amide bonds.